The van der Waals surface area contributed by atoms with E-state index < -0.39 is 0 Å². The molecule has 1 heteroatoms. The summed E-state index contributed by atoms with van der Waals surface area (Å²) in [4.78, 5) is 0. The van der Waals surface area contributed by atoms with E-state index in [1.807, 2.05) is 0 Å². The largest absolute Gasteiger partial charge is 0.343 e. The summed E-state index contributed by atoms with van der Waals surface area (Å²) in [5.74, 6) is 0. The maximum absolute atomic E-state index is 3.85. The van der Waals surface area contributed by atoms with Gasteiger partial charge in [0.15, 0.2) is 0 Å². The minimum absolute atomic E-state index is 0. The monoisotopic (exact) mass is 272 g/mol. The van der Waals surface area contributed by atoms with Gasteiger partial charge >= 0.3 is 0 Å². The average molecular weight is 272 g/mol. The standard InChI is InChI=1S/C13H27.Y/c1-3-5-7-9-11-13-12-10-8-6-4-2;/h1,3-13H2,2H3;/q-1;. The maximum Gasteiger partial charge on any atom is 0 e. The van der Waals surface area contributed by atoms with Gasteiger partial charge in [-0.1, -0.05) is 71.1 Å². The molecular formula is C13H27Y-. The van der Waals surface area contributed by atoms with E-state index >= 15 is 0 Å². The second-order valence-electron chi connectivity index (χ2n) is 4.04. The second kappa shape index (κ2) is 16.5. The van der Waals surface area contributed by atoms with Gasteiger partial charge in [-0.3, -0.25) is 0 Å². The Morgan fingerprint density at radius 2 is 1.00 bits per heavy atom. The summed E-state index contributed by atoms with van der Waals surface area (Å²) in [6, 6.07) is 0. The molecule has 1 radical (unpaired) electrons. The van der Waals surface area contributed by atoms with E-state index in [1.54, 1.807) is 0 Å². The van der Waals surface area contributed by atoms with Crippen molar-refractivity contribution in [3.05, 3.63) is 6.92 Å². The zero-order valence-corrected chi connectivity index (χ0v) is 12.9. The molecule has 0 spiro atoms. The molecule has 0 rings (SSSR count). The Kier molecular flexibility index (Phi) is 20.7. The predicted molar refractivity (Wildman–Crippen MR) is 61.8 cm³/mol. The molecule has 0 saturated carbocycles. The Bertz CT molecular complexity index is 71.3. The minimum Gasteiger partial charge on any atom is -0.343 e. The van der Waals surface area contributed by atoms with E-state index in [-0.39, 0.29) is 32.7 Å². The van der Waals surface area contributed by atoms with Gasteiger partial charge in [-0.15, -0.1) is 0 Å². The molecule has 14 heavy (non-hydrogen) atoms. The van der Waals surface area contributed by atoms with E-state index in [1.165, 1.54) is 64.2 Å². The van der Waals surface area contributed by atoms with Crippen molar-refractivity contribution in [3.63, 3.8) is 0 Å². The normalized spacial score (nSPS) is 9.86. The van der Waals surface area contributed by atoms with Gasteiger partial charge in [-0.25, -0.2) is 0 Å². The molecule has 0 saturated heterocycles. The molecule has 0 aliphatic heterocycles. The SMILES string of the molecule is [CH2-]CCCCCCCCCCCC.[Y]. The van der Waals surface area contributed by atoms with Crippen molar-refractivity contribution in [2.24, 2.45) is 0 Å². The molecule has 0 unspecified atom stereocenters. The van der Waals surface area contributed by atoms with Crippen LogP contribution in [0.25, 0.3) is 0 Å². The van der Waals surface area contributed by atoms with Crippen LogP contribution in [0.1, 0.15) is 77.6 Å². The molecule has 0 atom stereocenters. The van der Waals surface area contributed by atoms with Crippen molar-refractivity contribution in [1.29, 1.82) is 0 Å². The van der Waals surface area contributed by atoms with Crippen molar-refractivity contribution in [2.75, 3.05) is 0 Å². The fraction of sp³-hybridized carbons (Fsp3) is 0.923. The first-order valence-electron chi connectivity index (χ1n) is 6.21. The quantitative estimate of drug-likeness (QED) is 0.382. The van der Waals surface area contributed by atoms with E-state index in [2.05, 4.69) is 13.8 Å². The number of unbranched alkanes of at least 4 members (excludes halogenated alkanes) is 10. The fourth-order valence-corrected chi connectivity index (χ4v) is 1.66. The van der Waals surface area contributed by atoms with Crippen LogP contribution in [0.15, 0.2) is 0 Å². The summed E-state index contributed by atoms with van der Waals surface area (Å²) in [5, 5.41) is 0. The smallest absolute Gasteiger partial charge is 0 e. The molecule has 0 N–H and O–H groups in total. The topological polar surface area (TPSA) is 0 Å². The van der Waals surface area contributed by atoms with Crippen molar-refractivity contribution in [1.82, 2.24) is 0 Å². The van der Waals surface area contributed by atoms with Crippen LogP contribution in [-0.4, -0.2) is 0 Å². The Morgan fingerprint density at radius 3 is 1.36 bits per heavy atom. The summed E-state index contributed by atoms with van der Waals surface area (Å²) < 4.78 is 0. The van der Waals surface area contributed by atoms with Crippen molar-refractivity contribution in [2.45, 2.75) is 77.6 Å². The minimum atomic E-state index is 0. The predicted octanol–water partition coefficient (Wildman–Crippen LogP) is 5.13. The van der Waals surface area contributed by atoms with Crippen LogP contribution in [0.5, 0.6) is 0 Å². The molecular weight excluding hydrogens is 245 g/mol. The maximum atomic E-state index is 3.85. The van der Waals surface area contributed by atoms with Crippen molar-refractivity contribution < 1.29 is 32.7 Å². The van der Waals surface area contributed by atoms with Gasteiger partial charge in [-0.05, 0) is 0 Å². The van der Waals surface area contributed by atoms with Crippen LogP contribution < -0.4 is 0 Å². The number of hydrogen-bond acceptors (Lipinski definition) is 0. The van der Waals surface area contributed by atoms with Crippen LogP contribution in [0.2, 0.25) is 0 Å². The molecule has 0 heterocycles. The number of rotatable bonds is 10. The Balaban J connectivity index is 0. The molecule has 0 fully saturated rings. The molecule has 0 amide bonds. The molecule has 0 aliphatic rings. The first-order chi connectivity index (χ1) is 6.41. The van der Waals surface area contributed by atoms with E-state index in [0.29, 0.717) is 0 Å². The summed E-state index contributed by atoms with van der Waals surface area (Å²) in [5.41, 5.74) is 0. The molecule has 0 aromatic heterocycles. The van der Waals surface area contributed by atoms with Crippen LogP contribution in [0.3, 0.4) is 0 Å². The van der Waals surface area contributed by atoms with Crippen LogP contribution >= 0.6 is 0 Å². The Hall–Kier alpha value is 1.10. The molecule has 83 valence electrons. The van der Waals surface area contributed by atoms with Gasteiger partial charge in [0.1, 0.15) is 0 Å². The summed E-state index contributed by atoms with van der Waals surface area (Å²) in [6.45, 7) is 6.13. The van der Waals surface area contributed by atoms with E-state index in [4.69, 9.17) is 0 Å². The zero-order valence-electron chi connectivity index (χ0n) is 10.1. The van der Waals surface area contributed by atoms with Gasteiger partial charge in [-0.2, -0.15) is 6.42 Å². The number of hydrogen-bond donors (Lipinski definition) is 0. The van der Waals surface area contributed by atoms with E-state index in [0.717, 1.165) is 6.42 Å². The molecule has 0 nitrogen and oxygen atoms in total. The van der Waals surface area contributed by atoms with Gasteiger partial charge in [0, 0.05) is 32.7 Å². The van der Waals surface area contributed by atoms with Gasteiger partial charge in [0.05, 0.1) is 0 Å². The Morgan fingerprint density at radius 1 is 0.643 bits per heavy atom. The third kappa shape index (κ3) is 15.6. The molecule has 0 bridgehead atoms. The third-order valence-corrected chi connectivity index (χ3v) is 2.60. The molecule has 0 aliphatic carbocycles. The van der Waals surface area contributed by atoms with Gasteiger partial charge in [0.25, 0.3) is 0 Å². The van der Waals surface area contributed by atoms with Crippen molar-refractivity contribution in [3.8, 4) is 0 Å². The van der Waals surface area contributed by atoms with Crippen LogP contribution in [-0.2, 0) is 32.7 Å². The fourth-order valence-electron chi connectivity index (χ4n) is 1.66. The summed E-state index contributed by atoms with van der Waals surface area (Å²) in [7, 11) is 0. The molecule has 0 aromatic rings. The van der Waals surface area contributed by atoms with Crippen LogP contribution in [0.4, 0.5) is 0 Å². The Labute approximate surface area is 117 Å². The van der Waals surface area contributed by atoms with Gasteiger partial charge < -0.3 is 6.92 Å². The van der Waals surface area contributed by atoms with Crippen LogP contribution in [0, 0.1) is 6.92 Å². The summed E-state index contributed by atoms with van der Waals surface area (Å²) >= 11 is 0. The third-order valence-electron chi connectivity index (χ3n) is 2.60. The van der Waals surface area contributed by atoms with E-state index in [9.17, 15) is 0 Å². The second-order valence-corrected chi connectivity index (χ2v) is 4.04. The van der Waals surface area contributed by atoms with Crippen molar-refractivity contribution >= 4 is 0 Å². The van der Waals surface area contributed by atoms with Gasteiger partial charge in [0.2, 0.25) is 0 Å². The first kappa shape index (κ1) is 17.5. The molecule has 0 aromatic carbocycles. The first-order valence-corrected chi connectivity index (χ1v) is 6.21. The zero-order chi connectivity index (χ0) is 9.78. The summed E-state index contributed by atoms with van der Waals surface area (Å²) in [6.07, 6.45) is 15.4. The average Bonchev–Trinajstić information content (AvgIpc) is 2.16.